The fourth-order valence-corrected chi connectivity index (χ4v) is 5.73. The zero-order valence-electron chi connectivity index (χ0n) is 22.6. The molecular formula is C30H30ClFN6O3. The lowest BCUT2D eigenvalue weighted by Crippen LogP contribution is -2.47. The Balaban J connectivity index is 1.30. The van der Waals surface area contributed by atoms with E-state index in [9.17, 15) is 14.0 Å². The van der Waals surface area contributed by atoms with Gasteiger partial charge in [-0.2, -0.15) is 5.26 Å². The molecule has 3 heterocycles. The van der Waals surface area contributed by atoms with E-state index in [1.54, 1.807) is 4.90 Å². The van der Waals surface area contributed by atoms with E-state index >= 15 is 0 Å². The molecule has 2 aromatic carbocycles. The third-order valence-corrected chi connectivity index (χ3v) is 8.04. The zero-order chi connectivity index (χ0) is 28.9. The number of amides is 2. The number of hydrogen-bond acceptors (Lipinski definition) is 7. The molecular weight excluding hydrogens is 547 g/mol. The van der Waals surface area contributed by atoms with Crippen LogP contribution in [0.25, 0.3) is 0 Å². The first-order valence-electron chi connectivity index (χ1n) is 13.6. The van der Waals surface area contributed by atoms with E-state index < -0.39 is 11.9 Å². The molecule has 0 aliphatic carbocycles. The standard InChI is InChI=1S/C30H30ClFN6O3/c1-2-38(30(40)41-25-9-7-24(32)8-10-25)27-19-37(18-26(27)21-3-5-23(31)6-4-21)28(39)22-11-13-36(14-12-22)29-34-16-20(15-33)17-35-29/h3-10,16-17,22,26-27H,2,11-14,18-19H2,1H3. The second-order valence-corrected chi connectivity index (χ2v) is 10.7. The Morgan fingerprint density at radius 1 is 1.07 bits per heavy atom. The lowest BCUT2D eigenvalue weighted by molar-refractivity contribution is -0.135. The van der Waals surface area contributed by atoms with Crippen molar-refractivity contribution in [3.63, 3.8) is 0 Å². The monoisotopic (exact) mass is 576 g/mol. The Morgan fingerprint density at radius 3 is 2.34 bits per heavy atom. The predicted octanol–water partition coefficient (Wildman–Crippen LogP) is 4.87. The molecule has 0 radical (unpaired) electrons. The maximum Gasteiger partial charge on any atom is 0.415 e. The molecule has 2 aliphatic rings. The minimum atomic E-state index is -0.548. The van der Waals surface area contributed by atoms with E-state index in [0.29, 0.717) is 62.1 Å². The first-order chi connectivity index (χ1) is 19.9. The number of carbonyl (C=O) groups excluding carboxylic acids is 2. The van der Waals surface area contributed by atoms with E-state index in [1.807, 2.05) is 47.1 Å². The van der Waals surface area contributed by atoms with Crippen molar-refractivity contribution in [3.05, 3.63) is 82.9 Å². The number of aromatic nitrogens is 2. The van der Waals surface area contributed by atoms with Crippen LogP contribution in [-0.4, -0.2) is 70.5 Å². The van der Waals surface area contributed by atoms with Crippen LogP contribution in [0.1, 0.15) is 36.8 Å². The van der Waals surface area contributed by atoms with Gasteiger partial charge in [-0.25, -0.2) is 19.2 Å². The number of halogens is 2. The maximum atomic E-state index is 13.8. The maximum absolute atomic E-state index is 13.8. The van der Waals surface area contributed by atoms with E-state index in [2.05, 4.69) is 9.97 Å². The highest BCUT2D eigenvalue weighted by Gasteiger charge is 2.43. The second kappa shape index (κ2) is 12.5. The van der Waals surface area contributed by atoms with Crippen molar-refractivity contribution >= 4 is 29.5 Å². The van der Waals surface area contributed by atoms with Gasteiger partial charge in [0, 0.05) is 49.6 Å². The van der Waals surface area contributed by atoms with E-state index in [-0.39, 0.29) is 29.5 Å². The summed E-state index contributed by atoms with van der Waals surface area (Å²) in [6.07, 6.45) is 3.76. The molecule has 2 saturated heterocycles. The van der Waals surface area contributed by atoms with Crippen molar-refractivity contribution < 1.29 is 18.7 Å². The van der Waals surface area contributed by atoms with Gasteiger partial charge in [0.15, 0.2) is 0 Å². The molecule has 0 spiro atoms. The minimum absolute atomic E-state index is 0.0646. The van der Waals surface area contributed by atoms with E-state index in [0.717, 1.165) is 5.56 Å². The van der Waals surface area contributed by atoms with Crippen molar-refractivity contribution in [1.82, 2.24) is 19.8 Å². The molecule has 5 rings (SSSR count). The fourth-order valence-electron chi connectivity index (χ4n) is 5.61. The van der Waals surface area contributed by atoms with Crippen molar-refractivity contribution in [2.24, 2.45) is 5.92 Å². The highest BCUT2D eigenvalue weighted by Crippen LogP contribution is 2.34. The number of nitriles is 1. The Labute approximate surface area is 243 Å². The second-order valence-electron chi connectivity index (χ2n) is 10.2. The normalized spacial score (nSPS) is 19.1. The summed E-state index contributed by atoms with van der Waals surface area (Å²) < 4.78 is 18.9. The molecule has 2 amide bonds. The van der Waals surface area contributed by atoms with Gasteiger partial charge < -0.3 is 19.4 Å². The zero-order valence-corrected chi connectivity index (χ0v) is 23.4. The van der Waals surface area contributed by atoms with Crippen LogP contribution >= 0.6 is 11.6 Å². The topological polar surface area (TPSA) is 103 Å². The van der Waals surface area contributed by atoms with Gasteiger partial charge >= 0.3 is 6.09 Å². The van der Waals surface area contributed by atoms with Crippen LogP contribution in [-0.2, 0) is 4.79 Å². The smallest absolute Gasteiger partial charge is 0.410 e. The van der Waals surface area contributed by atoms with Gasteiger partial charge in [0.25, 0.3) is 0 Å². The van der Waals surface area contributed by atoms with Gasteiger partial charge in [0.05, 0.1) is 24.0 Å². The van der Waals surface area contributed by atoms with Crippen LogP contribution < -0.4 is 9.64 Å². The number of ether oxygens (including phenoxy) is 1. The van der Waals surface area contributed by atoms with Crippen molar-refractivity contribution in [2.75, 3.05) is 37.6 Å². The number of nitrogens with zero attached hydrogens (tertiary/aromatic N) is 6. The van der Waals surface area contributed by atoms with Gasteiger partial charge in [0.1, 0.15) is 17.6 Å². The van der Waals surface area contributed by atoms with E-state index in [1.165, 1.54) is 36.7 Å². The van der Waals surface area contributed by atoms with Crippen LogP contribution in [0, 0.1) is 23.1 Å². The van der Waals surface area contributed by atoms with Gasteiger partial charge in [-0.05, 0) is 61.7 Å². The van der Waals surface area contributed by atoms with Crippen LogP contribution in [0.4, 0.5) is 15.1 Å². The van der Waals surface area contributed by atoms with Crippen LogP contribution in [0.2, 0.25) is 5.02 Å². The molecule has 0 N–H and O–H groups in total. The minimum Gasteiger partial charge on any atom is -0.410 e. The summed E-state index contributed by atoms with van der Waals surface area (Å²) in [7, 11) is 0. The number of anilines is 1. The summed E-state index contributed by atoms with van der Waals surface area (Å²) in [5.41, 5.74) is 1.39. The highest BCUT2D eigenvalue weighted by molar-refractivity contribution is 6.30. The lowest BCUT2D eigenvalue weighted by atomic mass is 9.93. The molecule has 2 atom stereocenters. The summed E-state index contributed by atoms with van der Waals surface area (Å²) in [4.78, 5) is 41.1. The third-order valence-electron chi connectivity index (χ3n) is 7.79. The van der Waals surface area contributed by atoms with Crippen molar-refractivity contribution in [1.29, 1.82) is 5.26 Å². The van der Waals surface area contributed by atoms with Crippen LogP contribution in [0.3, 0.4) is 0 Å². The molecule has 11 heteroatoms. The molecule has 212 valence electrons. The Kier molecular flexibility index (Phi) is 8.64. The number of hydrogen-bond donors (Lipinski definition) is 0. The third kappa shape index (κ3) is 6.41. The van der Waals surface area contributed by atoms with Gasteiger partial charge in [0.2, 0.25) is 11.9 Å². The number of carbonyl (C=O) groups is 2. The van der Waals surface area contributed by atoms with Gasteiger partial charge in [-0.3, -0.25) is 4.79 Å². The summed E-state index contributed by atoms with van der Waals surface area (Å²) in [5.74, 6) is 0.161. The molecule has 41 heavy (non-hydrogen) atoms. The summed E-state index contributed by atoms with van der Waals surface area (Å²) >= 11 is 6.15. The van der Waals surface area contributed by atoms with Gasteiger partial charge in [-0.1, -0.05) is 23.7 Å². The molecule has 0 bridgehead atoms. The average Bonchev–Trinajstić information content (AvgIpc) is 3.44. The fraction of sp³-hybridized carbons (Fsp3) is 0.367. The number of likely N-dealkylation sites (tertiary alicyclic amines) is 1. The molecule has 0 saturated carbocycles. The van der Waals surface area contributed by atoms with Crippen LogP contribution in [0.5, 0.6) is 5.75 Å². The molecule has 3 aromatic rings. The van der Waals surface area contributed by atoms with Crippen LogP contribution in [0.15, 0.2) is 60.9 Å². The average molecular weight is 577 g/mol. The van der Waals surface area contributed by atoms with Crippen molar-refractivity contribution in [2.45, 2.75) is 31.7 Å². The molecule has 2 fully saturated rings. The molecule has 9 nitrogen and oxygen atoms in total. The number of rotatable bonds is 6. The predicted molar refractivity (Wildman–Crippen MR) is 151 cm³/mol. The summed E-state index contributed by atoms with van der Waals surface area (Å²) in [6.45, 7) is 4.34. The Hall–Kier alpha value is -4.23. The number of likely N-dealkylation sites (N-methyl/N-ethyl adjacent to an activating group) is 1. The Morgan fingerprint density at radius 2 is 1.73 bits per heavy atom. The summed E-state index contributed by atoms with van der Waals surface area (Å²) in [6, 6.07) is 14.5. The largest absolute Gasteiger partial charge is 0.415 e. The van der Waals surface area contributed by atoms with Crippen molar-refractivity contribution in [3.8, 4) is 11.8 Å². The number of benzene rings is 2. The molecule has 2 aliphatic heterocycles. The molecule has 2 unspecified atom stereocenters. The molecule has 1 aromatic heterocycles. The first-order valence-corrected chi connectivity index (χ1v) is 14.0. The first kappa shape index (κ1) is 28.3. The SMILES string of the molecule is CCN(C(=O)Oc1ccc(F)cc1)C1CN(C(=O)C2CCN(c3ncc(C#N)cn3)CC2)CC1c1ccc(Cl)cc1. The van der Waals surface area contributed by atoms with Gasteiger partial charge in [-0.15, -0.1) is 0 Å². The highest BCUT2D eigenvalue weighted by atomic mass is 35.5. The van der Waals surface area contributed by atoms with E-state index in [4.69, 9.17) is 21.6 Å². The lowest BCUT2D eigenvalue weighted by Gasteiger charge is -2.33. The quantitative estimate of drug-likeness (QED) is 0.412. The Bertz CT molecular complexity index is 1410. The number of piperidine rings is 1. The summed E-state index contributed by atoms with van der Waals surface area (Å²) in [5, 5.41) is 9.59.